The van der Waals surface area contributed by atoms with Crippen LogP contribution in [0.3, 0.4) is 0 Å². The Bertz CT molecular complexity index is 1660. The van der Waals surface area contributed by atoms with E-state index in [-0.39, 0.29) is 28.7 Å². The summed E-state index contributed by atoms with van der Waals surface area (Å²) in [5.74, 6) is -1.39. The summed E-state index contributed by atoms with van der Waals surface area (Å²) in [6.07, 6.45) is 0. The zero-order chi connectivity index (χ0) is 32.6. The second-order valence-corrected chi connectivity index (χ2v) is 11.5. The van der Waals surface area contributed by atoms with Crippen LogP contribution in [0.25, 0.3) is 0 Å². The zero-order valence-corrected chi connectivity index (χ0v) is 25.5. The number of hydrogen-bond acceptors (Lipinski definition) is 7. The molecule has 0 saturated carbocycles. The highest BCUT2D eigenvalue weighted by Crippen LogP contribution is 2.24. The molecule has 0 bridgehead atoms. The molecule has 10 nitrogen and oxygen atoms in total. The highest BCUT2D eigenvalue weighted by atomic mass is 16.6. The molecule has 0 aliphatic carbocycles. The summed E-state index contributed by atoms with van der Waals surface area (Å²) in [5.41, 5.74) is 6.13. The van der Waals surface area contributed by atoms with E-state index in [2.05, 4.69) is 10.8 Å². The highest BCUT2D eigenvalue weighted by molar-refractivity contribution is 6.10. The Kier molecular flexibility index (Phi) is 10.4. The van der Waals surface area contributed by atoms with Gasteiger partial charge in [0.25, 0.3) is 5.91 Å². The molecule has 4 N–H and O–H groups in total. The van der Waals surface area contributed by atoms with Gasteiger partial charge in [-0.1, -0.05) is 43.2 Å². The first-order valence-corrected chi connectivity index (χ1v) is 14.2. The molecule has 10 heteroatoms. The maximum Gasteiger partial charge on any atom is 0.336 e. The second kappa shape index (κ2) is 14.4. The molecule has 0 heterocycles. The molecule has 0 unspecified atom stereocenters. The summed E-state index contributed by atoms with van der Waals surface area (Å²) in [6.45, 7) is 8.49. The molecule has 4 aromatic rings. The predicted octanol–water partition coefficient (Wildman–Crippen LogP) is 6.98. The maximum atomic E-state index is 12.7. The summed E-state index contributed by atoms with van der Waals surface area (Å²) in [6, 6.07) is 23.9. The van der Waals surface area contributed by atoms with Crippen LogP contribution in [0.5, 0.6) is 11.5 Å². The molecular formula is C35H36N2O8. The van der Waals surface area contributed by atoms with Crippen molar-refractivity contribution in [1.29, 1.82) is 0 Å². The number of rotatable bonds is 14. The van der Waals surface area contributed by atoms with E-state index >= 15 is 0 Å². The van der Waals surface area contributed by atoms with Crippen molar-refractivity contribution in [3.05, 3.63) is 118 Å². The normalized spacial score (nSPS) is 11.0. The highest BCUT2D eigenvalue weighted by Gasteiger charge is 2.21. The Morgan fingerprint density at radius 2 is 1.18 bits per heavy atom. The summed E-state index contributed by atoms with van der Waals surface area (Å²) >= 11 is 0. The Labute approximate surface area is 261 Å². The molecule has 1 amide bonds. The van der Waals surface area contributed by atoms with Crippen LogP contribution in [0.15, 0.2) is 84.9 Å². The third-order valence-electron chi connectivity index (χ3n) is 6.79. The minimum Gasteiger partial charge on any atom is -0.493 e. The number of nitrogens with one attached hydrogen (secondary N) is 2. The number of carbonyl (C=O) groups is 3. The standard InChI is InChI=1S/C35H36N2O8/c1-22-5-7-24(30(17-22)33(39)40)19-45-37-26-10-14-28(15-11-26)44-21-35(3,4)20-43-27-12-8-25(9-13-27)36-32(38)29-16-6-23(2)18-31(29)34(41)42/h5-18,37H,19-21H2,1-4H3,(H,36,38)(H,39,40)(H,41,42). The third-order valence-corrected chi connectivity index (χ3v) is 6.79. The zero-order valence-electron chi connectivity index (χ0n) is 25.5. The lowest BCUT2D eigenvalue weighted by Gasteiger charge is -2.25. The summed E-state index contributed by atoms with van der Waals surface area (Å²) in [5, 5.41) is 21.6. The third kappa shape index (κ3) is 9.32. The van der Waals surface area contributed by atoms with Crippen LogP contribution in [0.1, 0.15) is 61.6 Å². The van der Waals surface area contributed by atoms with Crippen molar-refractivity contribution in [2.24, 2.45) is 5.41 Å². The molecule has 0 radical (unpaired) electrons. The molecule has 4 rings (SSSR count). The number of aromatic carboxylic acids is 2. The molecule has 0 fully saturated rings. The van der Waals surface area contributed by atoms with Crippen LogP contribution in [0, 0.1) is 19.3 Å². The van der Waals surface area contributed by atoms with E-state index < -0.39 is 17.8 Å². The Morgan fingerprint density at radius 3 is 1.73 bits per heavy atom. The maximum absolute atomic E-state index is 12.7. The van der Waals surface area contributed by atoms with Gasteiger partial charge in [0.15, 0.2) is 0 Å². The van der Waals surface area contributed by atoms with Crippen LogP contribution < -0.4 is 20.3 Å². The van der Waals surface area contributed by atoms with Crippen LogP contribution in [-0.2, 0) is 11.4 Å². The minimum absolute atomic E-state index is 0.0509. The second-order valence-electron chi connectivity index (χ2n) is 11.5. The quantitative estimate of drug-likeness (QED) is 0.111. The monoisotopic (exact) mass is 612 g/mol. The van der Waals surface area contributed by atoms with Gasteiger partial charge in [-0.25, -0.2) is 9.59 Å². The van der Waals surface area contributed by atoms with Crippen molar-refractivity contribution in [2.75, 3.05) is 24.0 Å². The fourth-order valence-electron chi connectivity index (χ4n) is 4.30. The van der Waals surface area contributed by atoms with E-state index in [1.54, 1.807) is 73.7 Å². The lowest BCUT2D eigenvalue weighted by molar-refractivity contribution is 0.0682. The fraction of sp³-hybridized carbons (Fsp3) is 0.229. The van der Waals surface area contributed by atoms with Gasteiger partial charge in [-0.3, -0.25) is 15.1 Å². The first kappa shape index (κ1) is 32.6. The lowest BCUT2D eigenvalue weighted by Crippen LogP contribution is -2.28. The number of carbonyl (C=O) groups excluding carboxylic acids is 1. The van der Waals surface area contributed by atoms with Crippen molar-refractivity contribution in [2.45, 2.75) is 34.3 Å². The van der Waals surface area contributed by atoms with Crippen molar-refractivity contribution in [3.63, 3.8) is 0 Å². The number of carboxylic acids is 2. The van der Waals surface area contributed by atoms with Gasteiger partial charge in [-0.2, -0.15) is 0 Å². The van der Waals surface area contributed by atoms with Crippen molar-refractivity contribution < 1.29 is 38.9 Å². The number of aryl methyl sites for hydroxylation is 2. The lowest BCUT2D eigenvalue weighted by atomic mass is 9.96. The summed E-state index contributed by atoms with van der Waals surface area (Å²) in [7, 11) is 0. The van der Waals surface area contributed by atoms with Crippen LogP contribution in [-0.4, -0.2) is 41.3 Å². The molecule has 0 saturated heterocycles. The molecule has 0 aliphatic heterocycles. The van der Waals surface area contributed by atoms with Gasteiger partial charge in [0.2, 0.25) is 0 Å². The number of amides is 1. The number of hydrogen-bond donors (Lipinski definition) is 4. The van der Waals surface area contributed by atoms with Crippen LogP contribution in [0.2, 0.25) is 0 Å². The van der Waals surface area contributed by atoms with Gasteiger partial charge in [0, 0.05) is 11.1 Å². The predicted molar refractivity (Wildman–Crippen MR) is 170 cm³/mol. The SMILES string of the molecule is Cc1ccc(CONc2ccc(OCC(C)(C)COc3ccc(NC(=O)c4ccc(C)cc4C(=O)O)cc3)cc2)c(C(=O)O)c1. The molecule has 234 valence electrons. The van der Waals surface area contributed by atoms with Crippen LogP contribution in [0.4, 0.5) is 11.4 Å². The molecule has 0 aromatic heterocycles. The van der Waals surface area contributed by atoms with Gasteiger partial charge in [0.1, 0.15) is 18.1 Å². The average molecular weight is 613 g/mol. The van der Waals surface area contributed by atoms with E-state index in [9.17, 15) is 24.6 Å². The summed E-state index contributed by atoms with van der Waals surface area (Å²) in [4.78, 5) is 41.2. The molecule has 4 aromatic carbocycles. The van der Waals surface area contributed by atoms with E-state index in [0.717, 1.165) is 11.1 Å². The average Bonchev–Trinajstić information content (AvgIpc) is 3.01. The topological polar surface area (TPSA) is 143 Å². The van der Waals surface area contributed by atoms with Gasteiger partial charge < -0.3 is 25.0 Å². The van der Waals surface area contributed by atoms with Crippen molar-refractivity contribution in [1.82, 2.24) is 0 Å². The number of benzene rings is 4. The van der Waals surface area contributed by atoms with Gasteiger partial charge in [-0.05, 0) is 86.1 Å². The smallest absolute Gasteiger partial charge is 0.336 e. The fourth-order valence-corrected chi connectivity index (χ4v) is 4.30. The number of anilines is 2. The number of carboxylic acid groups (broad SMARTS) is 2. The number of ether oxygens (including phenoxy) is 2. The van der Waals surface area contributed by atoms with Gasteiger partial charge in [-0.15, -0.1) is 0 Å². The minimum atomic E-state index is -1.16. The Balaban J connectivity index is 1.22. The van der Waals surface area contributed by atoms with E-state index in [1.165, 1.54) is 12.1 Å². The molecule has 0 atom stereocenters. The first-order valence-electron chi connectivity index (χ1n) is 14.2. The van der Waals surface area contributed by atoms with Gasteiger partial charge in [0.05, 0.1) is 35.6 Å². The largest absolute Gasteiger partial charge is 0.493 e. The van der Waals surface area contributed by atoms with E-state index in [1.807, 2.05) is 26.8 Å². The molecule has 0 aliphatic rings. The molecule has 45 heavy (non-hydrogen) atoms. The van der Waals surface area contributed by atoms with Crippen LogP contribution >= 0.6 is 0 Å². The van der Waals surface area contributed by atoms with Gasteiger partial charge >= 0.3 is 11.9 Å². The molecule has 0 spiro atoms. The Morgan fingerprint density at radius 1 is 0.667 bits per heavy atom. The molecular weight excluding hydrogens is 576 g/mol. The Hall–Kier alpha value is -5.35. The van der Waals surface area contributed by atoms with Crippen molar-refractivity contribution >= 4 is 29.2 Å². The van der Waals surface area contributed by atoms with E-state index in [0.29, 0.717) is 41.7 Å². The summed E-state index contributed by atoms with van der Waals surface area (Å²) < 4.78 is 11.9. The van der Waals surface area contributed by atoms with Crippen molar-refractivity contribution in [3.8, 4) is 11.5 Å². The first-order chi connectivity index (χ1) is 21.4. The van der Waals surface area contributed by atoms with E-state index in [4.69, 9.17) is 14.3 Å².